The Bertz CT molecular complexity index is 643. The molecule has 5 heteroatoms. The summed E-state index contributed by atoms with van der Waals surface area (Å²) >= 11 is 7.33. The third-order valence-corrected chi connectivity index (χ3v) is 4.88. The van der Waals surface area contributed by atoms with Crippen molar-refractivity contribution in [3.8, 4) is 5.75 Å². The van der Waals surface area contributed by atoms with Crippen molar-refractivity contribution in [1.29, 1.82) is 0 Å². The highest BCUT2D eigenvalue weighted by Gasteiger charge is 2.19. The second-order valence-electron chi connectivity index (χ2n) is 5.48. The van der Waals surface area contributed by atoms with Crippen molar-refractivity contribution in [2.45, 2.75) is 38.5 Å². The van der Waals surface area contributed by atoms with Gasteiger partial charge in [0.1, 0.15) is 11.3 Å². The van der Waals surface area contributed by atoms with Crippen molar-refractivity contribution in [3.05, 3.63) is 23.0 Å². The summed E-state index contributed by atoms with van der Waals surface area (Å²) in [5, 5.41) is 0. The molecule has 0 unspecified atom stereocenters. The molecule has 0 aliphatic rings. The Morgan fingerprint density at radius 2 is 2.15 bits per heavy atom. The van der Waals surface area contributed by atoms with E-state index in [-0.39, 0.29) is 4.75 Å². The SMILES string of the molecule is CCCOc1cccc2c1[nH]c(=S)n2CC(C)(C)SC. The predicted octanol–water partition coefficient (Wildman–Crippen LogP) is 4.63. The van der Waals surface area contributed by atoms with Gasteiger partial charge < -0.3 is 14.3 Å². The quantitative estimate of drug-likeness (QED) is 0.789. The predicted molar refractivity (Wildman–Crippen MR) is 90.5 cm³/mol. The van der Waals surface area contributed by atoms with E-state index in [1.165, 1.54) is 0 Å². The Hall–Kier alpha value is -0.940. The van der Waals surface area contributed by atoms with Crippen LogP contribution >= 0.6 is 24.0 Å². The van der Waals surface area contributed by atoms with E-state index in [2.05, 4.69) is 42.6 Å². The van der Waals surface area contributed by atoms with Gasteiger partial charge in [0.25, 0.3) is 0 Å². The second-order valence-corrected chi connectivity index (χ2v) is 7.38. The Morgan fingerprint density at radius 1 is 1.40 bits per heavy atom. The van der Waals surface area contributed by atoms with Crippen LogP contribution in [0.15, 0.2) is 18.2 Å². The van der Waals surface area contributed by atoms with E-state index in [0.29, 0.717) is 0 Å². The molecule has 20 heavy (non-hydrogen) atoms. The summed E-state index contributed by atoms with van der Waals surface area (Å²) in [7, 11) is 0. The molecule has 1 aromatic heterocycles. The summed E-state index contributed by atoms with van der Waals surface area (Å²) in [6.07, 6.45) is 3.13. The molecule has 3 nitrogen and oxygen atoms in total. The summed E-state index contributed by atoms with van der Waals surface area (Å²) in [5.41, 5.74) is 2.12. The smallest absolute Gasteiger partial charge is 0.178 e. The normalized spacial score (nSPS) is 12.0. The average Bonchev–Trinajstić information content (AvgIpc) is 2.73. The van der Waals surface area contributed by atoms with Crippen LogP contribution in [-0.2, 0) is 6.54 Å². The lowest BCUT2D eigenvalue weighted by atomic mass is 10.2. The lowest BCUT2D eigenvalue weighted by Crippen LogP contribution is -2.22. The molecule has 0 radical (unpaired) electrons. The van der Waals surface area contributed by atoms with Crippen LogP contribution in [0.2, 0.25) is 0 Å². The maximum absolute atomic E-state index is 5.80. The number of thioether (sulfide) groups is 1. The van der Waals surface area contributed by atoms with Crippen molar-refractivity contribution in [2.75, 3.05) is 12.9 Å². The van der Waals surface area contributed by atoms with Crippen LogP contribution < -0.4 is 4.74 Å². The van der Waals surface area contributed by atoms with E-state index in [1.807, 2.05) is 23.9 Å². The maximum atomic E-state index is 5.80. The van der Waals surface area contributed by atoms with Gasteiger partial charge in [-0.2, -0.15) is 11.8 Å². The first-order valence-corrected chi connectivity index (χ1v) is 8.51. The van der Waals surface area contributed by atoms with Crippen LogP contribution in [0.3, 0.4) is 0 Å². The van der Waals surface area contributed by atoms with E-state index < -0.39 is 0 Å². The van der Waals surface area contributed by atoms with Crippen LogP contribution in [0.1, 0.15) is 27.2 Å². The fourth-order valence-electron chi connectivity index (χ4n) is 2.09. The van der Waals surface area contributed by atoms with E-state index >= 15 is 0 Å². The molecule has 0 amide bonds. The third-order valence-electron chi connectivity index (χ3n) is 3.33. The highest BCUT2D eigenvalue weighted by molar-refractivity contribution is 7.99. The first-order valence-electron chi connectivity index (χ1n) is 6.88. The second kappa shape index (κ2) is 6.22. The average molecular weight is 310 g/mol. The number of para-hydroxylation sites is 1. The molecule has 0 aliphatic carbocycles. The van der Waals surface area contributed by atoms with Gasteiger partial charge in [0.2, 0.25) is 0 Å². The number of hydrogen-bond donors (Lipinski definition) is 1. The molecule has 0 saturated carbocycles. The van der Waals surface area contributed by atoms with Crippen LogP contribution in [0.4, 0.5) is 0 Å². The Balaban J connectivity index is 2.47. The molecule has 0 fully saturated rings. The number of rotatable bonds is 6. The van der Waals surface area contributed by atoms with Gasteiger partial charge >= 0.3 is 0 Å². The van der Waals surface area contributed by atoms with Crippen LogP contribution in [-0.4, -0.2) is 27.2 Å². The van der Waals surface area contributed by atoms with E-state index in [0.717, 1.165) is 41.1 Å². The summed E-state index contributed by atoms with van der Waals surface area (Å²) in [5.74, 6) is 0.885. The van der Waals surface area contributed by atoms with E-state index in [1.54, 1.807) is 0 Å². The number of nitrogens with one attached hydrogen (secondary N) is 1. The van der Waals surface area contributed by atoms with E-state index in [9.17, 15) is 0 Å². The molecule has 0 atom stereocenters. The first-order chi connectivity index (χ1) is 9.48. The van der Waals surface area contributed by atoms with Crippen LogP contribution in [0, 0.1) is 4.77 Å². The highest BCUT2D eigenvalue weighted by atomic mass is 32.2. The minimum atomic E-state index is 0.146. The van der Waals surface area contributed by atoms with Gasteiger partial charge in [-0.1, -0.05) is 13.0 Å². The topological polar surface area (TPSA) is 29.9 Å². The van der Waals surface area contributed by atoms with Gasteiger partial charge in [-0.05, 0) is 50.9 Å². The fourth-order valence-corrected chi connectivity index (χ4v) is 2.61. The molecule has 0 aliphatic heterocycles. The summed E-state index contributed by atoms with van der Waals surface area (Å²) < 4.78 is 8.87. The van der Waals surface area contributed by atoms with Crippen molar-refractivity contribution in [2.24, 2.45) is 0 Å². The first kappa shape index (κ1) is 15.4. The minimum absolute atomic E-state index is 0.146. The zero-order valence-electron chi connectivity index (χ0n) is 12.5. The van der Waals surface area contributed by atoms with Gasteiger partial charge in [0, 0.05) is 11.3 Å². The Labute approximate surface area is 129 Å². The van der Waals surface area contributed by atoms with Gasteiger partial charge in [-0.25, -0.2) is 0 Å². The number of aromatic nitrogens is 2. The fraction of sp³-hybridized carbons (Fsp3) is 0.533. The van der Waals surface area contributed by atoms with Crippen LogP contribution in [0.25, 0.3) is 11.0 Å². The van der Waals surface area contributed by atoms with Gasteiger partial charge in [0.15, 0.2) is 4.77 Å². The lowest BCUT2D eigenvalue weighted by Gasteiger charge is -2.22. The molecule has 1 N–H and O–H groups in total. The molecule has 1 heterocycles. The molecule has 0 bridgehead atoms. The number of benzene rings is 1. The lowest BCUT2D eigenvalue weighted by molar-refractivity contribution is 0.320. The number of H-pyrrole nitrogens is 1. The van der Waals surface area contributed by atoms with Crippen LogP contribution in [0.5, 0.6) is 5.75 Å². The number of hydrogen-bond acceptors (Lipinski definition) is 3. The number of nitrogens with zero attached hydrogens (tertiary/aromatic N) is 1. The molecule has 2 rings (SSSR count). The molecular weight excluding hydrogens is 288 g/mol. The number of fused-ring (bicyclic) bond motifs is 1. The van der Waals surface area contributed by atoms with Crippen molar-refractivity contribution >= 4 is 35.0 Å². The molecule has 0 saturated heterocycles. The summed E-state index contributed by atoms with van der Waals surface area (Å²) in [4.78, 5) is 3.29. The van der Waals surface area contributed by atoms with E-state index in [4.69, 9.17) is 17.0 Å². The van der Waals surface area contributed by atoms with Crippen molar-refractivity contribution in [1.82, 2.24) is 9.55 Å². The van der Waals surface area contributed by atoms with Crippen molar-refractivity contribution in [3.63, 3.8) is 0 Å². The zero-order valence-corrected chi connectivity index (χ0v) is 14.2. The standard InChI is InChI=1S/C15H22N2OS2/c1-5-9-18-12-8-6-7-11-13(12)16-14(19)17(11)10-15(2,3)20-4/h6-8H,5,9-10H2,1-4H3,(H,16,19). The molecular formula is C15H22N2OS2. The van der Waals surface area contributed by atoms with Crippen molar-refractivity contribution < 1.29 is 4.74 Å². The number of aromatic amines is 1. The van der Waals surface area contributed by atoms with Gasteiger partial charge in [-0.3, -0.25) is 0 Å². The van der Waals surface area contributed by atoms with Gasteiger partial charge in [-0.15, -0.1) is 0 Å². The third kappa shape index (κ3) is 3.20. The number of imidazole rings is 1. The molecule has 1 aromatic carbocycles. The molecule has 110 valence electrons. The zero-order chi connectivity index (χ0) is 14.8. The monoisotopic (exact) mass is 310 g/mol. The Morgan fingerprint density at radius 3 is 2.80 bits per heavy atom. The number of ether oxygens (including phenoxy) is 1. The minimum Gasteiger partial charge on any atom is -0.491 e. The summed E-state index contributed by atoms with van der Waals surface area (Å²) in [6.45, 7) is 8.17. The molecule has 0 spiro atoms. The summed E-state index contributed by atoms with van der Waals surface area (Å²) in [6, 6.07) is 6.11. The largest absolute Gasteiger partial charge is 0.491 e. The highest BCUT2D eigenvalue weighted by Crippen LogP contribution is 2.29. The van der Waals surface area contributed by atoms with Gasteiger partial charge in [0.05, 0.1) is 12.1 Å². The maximum Gasteiger partial charge on any atom is 0.178 e. The molecule has 2 aromatic rings. The Kier molecular flexibility index (Phi) is 4.81.